The van der Waals surface area contributed by atoms with Crippen molar-refractivity contribution >= 4 is 16.3 Å². The van der Waals surface area contributed by atoms with Crippen molar-refractivity contribution in [2.75, 3.05) is 0 Å². The Hall–Kier alpha value is -0.210. The van der Waals surface area contributed by atoms with Gasteiger partial charge < -0.3 is 4.52 Å². The topological polar surface area (TPSA) is 83.8 Å². The van der Waals surface area contributed by atoms with Gasteiger partial charge in [-0.15, -0.1) is 0 Å². The fourth-order valence-electron chi connectivity index (χ4n) is 0.137. The van der Waals surface area contributed by atoms with E-state index in [4.69, 9.17) is 9.79 Å². The van der Waals surface area contributed by atoms with Crippen LogP contribution in [-0.4, -0.2) is 9.79 Å². The monoisotopic (exact) mass is 171 g/mol. The van der Waals surface area contributed by atoms with Crippen molar-refractivity contribution in [3.8, 4) is 0 Å². The molecule has 0 aliphatic carbocycles. The fourth-order valence-corrected chi connectivity index (χ4v) is 0.595. The summed E-state index contributed by atoms with van der Waals surface area (Å²) in [5, 5.41) is 0. The van der Waals surface area contributed by atoms with E-state index in [9.17, 15) is 9.13 Å². The number of hydrogen-bond donors (Lipinski definition) is 2. The van der Waals surface area contributed by atoms with E-state index in [-0.39, 0.29) is 0 Å². The van der Waals surface area contributed by atoms with E-state index in [0.29, 0.717) is 6.26 Å². The quantitative estimate of drug-likeness (QED) is 0.479. The second kappa shape index (κ2) is 3.75. The van der Waals surface area contributed by atoms with Crippen LogP contribution in [0.4, 0.5) is 0 Å². The highest BCUT2D eigenvalue weighted by molar-refractivity contribution is 7.46. The molecule has 5 nitrogen and oxygen atoms in total. The first-order valence-electron chi connectivity index (χ1n) is 1.83. The van der Waals surface area contributed by atoms with Gasteiger partial charge in [0.05, 0.1) is 0 Å². The Morgan fingerprint density at radius 1 is 1.56 bits per heavy atom. The molecule has 9 heavy (non-hydrogen) atoms. The summed E-state index contributed by atoms with van der Waals surface area (Å²) in [5.41, 5.74) is 0. The average Bonchev–Trinajstić information content (AvgIpc) is 1.63. The SMILES string of the molecule is O=[PH+]C=COP(=O)(O)O. The lowest BCUT2D eigenvalue weighted by atomic mass is 11.2. The molecular weight excluding hydrogens is 166 g/mol. The highest BCUT2D eigenvalue weighted by Crippen LogP contribution is 2.36. The normalized spacial score (nSPS) is 12.7. The van der Waals surface area contributed by atoms with E-state index >= 15 is 0 Å². The molecule has 0 fully saturated rings. The van der Waals surface area contributed by atoms with Crippen LogP contribution >= 0.6 is 16.3 Å². The first-order chi connectivity index (χ1) is 4.06. The van der Waals surface area contributed by atoms with Crippen LogP contribution in [0.1, 0.15) is 0 Å². The van der Waals surface area contributed by atoms with Gasteiger partial charge in [0.15, 0.2) is 5.82 Å². The molecule has 7 heteroatoms. The molecule has 0 spiro atoms. The molecule has 0 rings (SSSR count). The average molecular weight is 171 g/mol. The van der Waals surface area contributed by atoms with Crippen LogP contribution in [0.5, 0.6) is 0 Å². The highest BCUT2D eigenvalue weighted by Gasteiger charge is 2.11. The van der Waals surface area contributed by atoms with Gasteiger partial charge >= 0.3 is 16.3 Å². The molecule has 0 aromatic carbocycles. The van der Waals surface area contributed by atoms with Crippen molar-refractivity contribution in [2.24, 2.45) is 0 Å². The number of hydrogen-bond acceptors (Lipinski definition) is 3. The Morgan fingerprint density at radius 2 is 2.11 bits per heavy atom. The second-order valence-electron chi connectivity index (χ2n) is 1.02. The zero-order chi connectivity index (χ0) is 7.33. The zero-order valence-electron chi connectivity index (χ0n) is 4.22. The predicted molar refractivity (Wildman–Crippen MR) is 31.3 cm³/mol. The molecule has 0 saturated heterocycles. The van der Waals surface area contributed by atoms with E-state index in [2.05, 4.69) is 4.52 Å². The van der Waals surface area contributed by atoms with Gasteiger partial charge in [-0.3, -0.25) is 9.79 Å². The third kappa shape index (κ3) is 7.79. The number of phosphoric ester groups is 1. The molecule has 0 bridgehead atoms. The molecule has 0 heterocycles. The Balaban J connectivity index is 3.63. The summed E-state index contributed by atoms with van der Waals surface area (Å²) in [6.45, 7) is 0. The van der Waals surface area contributed by atoms with Crippen molar-refractivity contribution in [2.45, 2.75) is 0 Å². The summed E-state index contributed by atoms with van der Waals surface area (Å²) in [6.07, 6.45) is 0.701. The summed E-state index contributed by atoms with van der Waals surface area (Å²) in [5.74, 6) is 0.985. The van der Waals surface area contributed by atoms with E-state index in [1.54, 1.807) is 0 Å². The highest BCUT2D eigenvalue weighted by atomic mass is 31.2. The van der Waals surface area contributed by atoms with Gasteiger partial charge in [0.2, 0.25) is 0 Å². The molecule has 52 valence electrons. The van der Waals surface area contributed by atoms with Crippen LogP contribution in [0.25, 0.3) is 0 Å². The Morgan fingerprint density at radius 3 is 2.44 bits per heavy atom. The smallest absolute Gasteiger partial charge is 0.408 e. The van der Waals surface area contributed by atoms with Gasteiger partial charge in [0.1, 0.15) is 6.26 Å². The van der Waals surface area contributed by atoms with Gasteiger partial charge in [-0.2, -0.15) is 0 Å². The van der Waals surface area contributed by atoms with E-state index < -0.39 is 16.3 Å². The summed E-state index contributed by atoms with van der Waals surface area (Å²) in [7, 11) is -5.17. The fraction of sp³-hybridized carbons (Fsp3) is 0. The largest absolute Gasteiger partial charge is 0.524 e. The molecule has 0 aromatic rings. The van der Waals surface area contributed by atoms with Crippen LogP contribution in [0, 0.1) is 0 Å². The van der Waals surface area contributed by atoms with Crippen LogP contribution in [-0.2, 0) is 13.7 Å². The van der Waals surface area contributed by atoms with Crippen LogP contribution in [0.15, 0.2) is 12.1 Å². The maximum absolute atomic E-state index is 9.83. The summed E-state index contributed by atoms with van der Waals surface area (Å²) >= 11 is 0. The minimum Gasteiger partial charge on any atom is -0.408 e. The first-order valence-corrected chi connectivity index (χ1v) is 4.34. The molecule has 1 atom stereocenters. The maximum Gasteiger partial charge on any atom is 0.524 e. The van der Waals surface area contributed by atoms with Gasteiger partial charge in [-0.25, -0.2) is 4.57 Å². The van der Waals surface area contributed by atoms with Gasteiger partial charge in [-0.1, -0.05) is 4.57 Å². The van der Waals surface area contributed by atoms with Gasteiger partial charge in [-0.05, 0) is 0 Å². The summed E-state index contributed by atoms with van der Waals surface area (Å²) < 4.78 is 23.2. The Kier molecular flexibility index (Phi) is 3.66. The standard InChI is InChI=1S/C2H4O5P2/c3-8-2-1-7-9(4,5)6/h1-2H,(H2,4,5,6)/p+1. The zero-order valence-corrected chi connectivity index (χ0v) is 6.12. The third-order valence-electron chi connectivity index (χ3n) is 0.334. The van der Waals surface area contributed by atoms with Crippen LogP contribution in [0.3, 0.4) is 0 Å². The molecule has 0 saturated carbocycles. The van der Waals surface area contributed by atoms with Crippen molar-refractivity contribution in [3.63, 3.8) is 0 Å². The van der Waals surface area contributed by atoms with Crippen molar-refractivity contribution in [1.29, 1.82) is 0 Å². The van der Waals surface area contributed by atoms with E-state index in [1.165, 1.54) is 0 Å². The molecule has 1 unspecified atom stereocenters. The first kappa shape index (κ1) is 8.79. The lowest BCUT2D eigenvalue weighted by Crippen LogP contribution is -1.76. The van der Waals surface area contributed by atoms with E-state index in [0.717, 1.165) is 5.82 Å². The van der Waals surface area contributed by atoms with Gasteiger partial charge in [0.25, 0.3) is 0 Å². The molecule has 0 radical (unpaired) electrons. The predicted octanol–water partition coefficient (Wildman–Crippen LogP) is 0.591. The third-order valence-corrected chi connectivity index (χ3v) is 1.00. The van der Waals surface area contributed by atoms with Gasteiger partial charge in [0, 0.05) is 0 Å². The van der Waals surface area contributed by atoms with Crippen LogP contribution < -0.4 is 0 Å². The van der Waals surface area contributed by atoms with E-state index in [1.807, 2.05) is 0 Å². The Labute approximate surface area is 52.8 Å². The second-order valence-corrected chi connectivity index (χ2v) is 2.78. The van der Waals surface area contributed by atoms with Crippen molar-refractivity contribution in [3.05, 3.63) is 12.1 Å². The minimum atomic E-state index is -4.42. The number of phosphoric acid groups is 1. The summed E-state index contributed by atoms with van der Waals surface area (Å²) in [4.78, 5) is 16.0. The Bertz CT molecular complexity index is 156. The maximum atomic E-state index is 9.83. The molecule has 0 aliphatic heterocycles. The molecule has 0 aromatic heterocycles. The molecular formula is C2H5O5P2+. The van der Waals surface area contributed by atoms with Crippen molar-refractivity contribution < 1.29 is 23.4 Å². The minimum absolute atomic E-state index is 0.701. The lowest BCUT2D eigenvalue weighted by molar-refractivity contribution is 0.259. The van der Waals surface area contributed by atoms with Crippen LogP contribution in [0.2, 0.25) is 0 Å². The molecule has 0 amide bonds. The summed E-state index contributed by atoms with van der Waals surface area (Å²) in [6, 6.07) is 0. The molecule has 2 N–H and O–H groups in total. The number of rotatable bonds is 3. The molecule has 0 aliphatic rings. The van der Waals surface area contributed by atoms with Crippen molar-refractivity contribution in [1.82, 2.24) is 0 Å². The lowest BCUT2D eigenvalue weighted by Gasteiger charge is -1.96.